The molecule has 0 amide bonds. The molecular weight excluding hydrogens is 189 g/mol. The fourth-order valence-corrected chi connectivity index (χ4v) is 1.52. The summed E-state index contributed by atoms with van der Waals surface area (Å²) < 4.78 is 12.6. The number of benzene rings is 1. The summed E-state index contributed by atoms with van der Waals surface area (Å²) in [5, 5.41) is 0. The Morgan fingerprint density at radius 1 is 1.40 bits per heavy atom. The standard InChI is InChI=1S/C13H16FN/c1-3-9-15(11-14)12(2)10-13-7-5-4-6-8-13/h1,4-8,12H,9-11H2,2H3. The van der Waals surface area contributed by atoms with E-state index in [4.69, 9.17) is 6.42 Å². The summed E-state index contributed by atoms with van der Waals surface area (Å²) in [5.41, 5.74) is 1.21. The molecular formula is C13H16FN. The molecule has 1 aromatic rings. The van der Waals surface area contributed by atoms with Crippen molar-refractivity contribution in [2.75, 3.05) is 13.3 Å². The van der Waals surface area contributed by atoms with Crippen molar-refractivity contribution in [1.82, 2.24) is 4.90 Å². The molecule has 0 fully saturated rings. The Bertz CT molecular complexity index is 315. The van der Waals surface area contributed by atoms with Gasteiger partial charge in [-0.25, -0.2) is 4.39 Å². The SMILES string of the molecule is C#CCN(CF)C(C)Cc1ccccc1. The third-order valence-electron chi connectivity index (χ3n) is 2.45. The van der Waals surface area contributed by atoms with Crippen LogP contribution in [0.25, 0.3) is 0 Å². The highest BCUT2D eigenvalue weighted by Crippen LogP contribution is 2.08. The molecule has 0 heterocycles. The summed E-state index contributed by atoms with van der Waals surface area (Å²) in [5.74, 6) is 2.47. The van der Waals surface area contributed by atoms with E-state index in [1.807, 2.05) is 37.3 Å². The lowest BCUT2D eigenvalue weighted by Crippen LogP contribution is -2.34. The molecule has 1 atom stereocenters. The highest BCUT2D eigenvalue weighted by atomic mass is 19.1. The van der Waals surface area contributed by atoms with E-state index in [1.54, 1.807) is 4.90 Å². The Morgan fingerprint density at radius 2 is 2.07 bits per heavy atom. The minimum Gasteiger partial charge on any atom is -0.262 e. The van der Waals surface area contributed by atoms with Gasteiger partial charge in [0.15, 0.2) is 0 Å². The summed E-state index contributed by atoms with van der Waals surface area (Å²) in [6.45, 7) is 1.87. The van der Waals surface area contributed by atoms with Crippen molar-refractivity contribution in [3.05, 3.63) is 35.9 Å². The van der Waals surface area contributed by atoms with Crippen molar-refractivity contribution in [3.63, 3.8) is 0 Å². The molecule has 0 saturated carbocycles. The van der Waals surface area contributed by atoms with E-state index >= 15 is 0 Å². The van der Waals surface area contributed by atoms with Gasteiger partial charge in [0, 0.05) is 6.04 Å². The van der Waals surface area contributed by atoms with Crippen LogP contribution in [-0.2, 0) is 6.42 Å². The fraction of sp³-hybridized carbons (Fsp3) is 0.385. The Hall–Kier alpha value is -1.33. The lowest BCUT2D eigenvalue weighted by Gasteiger charge is -2.23. The van der Waals surface area contributed by atoms with Gasteiger partial charge < -0.3 is 0 Å². The molecule has 0 spiro atoms. The predicted molar refractivity (Wildman–Crippen MR) is 61.1 cm³/mol. The molecule has 0 N–H and O–H groups in total. The number of nitrogens with zero attached hydrogens (tertiary/aromatic N) is 1. The van der Waals surface area contributed by atoms with Crippen molar-refractivity contribution in [2.24, 2.45) is 0 Å². The van der Waals surface area contributed by atoms with Crippen LogP contribution in [0.4, 0.5) is 4.39 Å². The maximum Gasteiger partial charge on any atom is 0.144 e. The van der Waals surface area contributed by atoms with Gasteiger partial charge >= 0.3 is 0 Å². The first-order valence-electron chi connectivity index (χ1n) is 5.05. The number of terminal acetylenes is 1. The normalized spacial score (nSPS) is 12.4. The van der Waals surface area contributed by atoms with E-state index in [9.17, 15) is 4.39 Å². The maximum atomic E-state index is 12.6. The van der Waals surface area contributed by atoms with Crippen LogP contribution in [0.15, 0.2) is 30.3 Å². The van der Waals surface area contributed by atoms with Crippen LogP contribution in [0.2, 0.25) is 0 Å². The van der Waals surface area contributed by atoms with Crippen molar-refractivity contribution in [1.29, 1.82) is 0 Å². The summed E-state index contributed by atoms with van der Waals surface area (Å²) in [6, 6.07) is 10.2. The molecule has 1 rings (SSSR count). The maximum absolute atomic E-state index is 12.6. The molecule has 0 aromatic heterocycles. The van der Waals surface area contributed by atoms with Crippen LogP contribution >= 0.6 is 0 Å². The lowest BCUT2D eigenvalue weighted by atomic mass is 10.1. The smallest absolute Gasteiger partial charge is 0.144 e. The lowest BCUT2D eigenvalue weighted by molar-refractivity contribution is 0.156. The average molecular weight is 205 g/mol. The van der Waals surface area contributed by atoms with E-state index < -0.39 is 6.80 Å². The van der Waals surface area contributed by atoms with Gasteiger partial charge in [0.2, 0.25) is 0 Å². The average Bonchev–Trinajstić information content (AvgIpc) is 2.27. The van der Waals surface area contributed by atoms with Crippen LogP contribution in [0.5, 0.6) is 0 Å². The second-order valence-electron chi connectivity index (χ2n) is 3.61. The minimum absolute atomic E-state index is 0.133. The molecule has 0 radical (unpaired) electrons. The second kappa shape index (κ2) is 6.21. The number of hydrogen-bond acceptors (Lipinski definition) is 1. The minimum atomic E-state index is -0.488. The monoisotopic (exact) mass is 205 g/mol. The molecule has 1 nitrogen and oxygen atoms in total. The summed E-state index contributed by atoms with van der Waals surface area (Å²) in [4.78, 5) is 1.65. The number of halogens is 1. The van der Waals surface area contributed by atoms with E-state index in [2.05, 4.69) is 5.92 Å². The number of alkyl halides is 1. The first-order chi connectivity index (χ1) is 7.27. The van der Waals surface area contributed by atoms with Crippen molar-refractivity contribution < 1.29 is 4.39 Å². The Balaban J connectivity index is 2.54. The largest absolute Gasteiger partial charge is 0.262 e. The zero-order valence-corrected chi connectivity index (χ0v) is 8.99. The van der Waals surface area contributed by atoms with Gasteiger partial charge in [0.25, 0.3) is 0 Å². The molecule has 0 bridgehead atoms. The van der Waals surface area contributed by atoms with Crippen molar-refractivity contribution >= 4 is 0 Å². The van der Waals surface area contributed by atoms with Crippen molar-refractivity contribution in [3.8, 4) is 12.3 Å². The zero-order chi connectivity index (χ0) is 11.1. The third-order valence-corrected chi connectivity index (χ3v) is 2.45. The van der Waals surface area contributed by atoms with E-state index in [0.29, 0.717) is 6.54 Å². The highest BCUT2D eigenvalue weighted by molar-refractivity contribution is 5.15. The molecule has 1 aromatic carbocycles. The highest BCUT2D eigenvalue weighted by Gasteiger charge is 2.12. The van der Waals surface area contributed by atoms with Gasteiger partial charge in [0.1, 0.15) is 6.80 Å². The van der Waals surface area contributed by atoms with Crippen LogP contribution < -0.4 is 0 Å². The Morgan fingerprint density at radius 3 is 2.60 bits per heavy atom. The Labute approximate surface area is 90.9 Å². The molecule has 0 aliphatic rings. The molecule has 80 valence electrons. The van der Waals surface area contributed by atoms with E-state index in [1.165, 1.54) is 5.56 Å². The third kappa shape index (κ3) is 3.73. The Kier molecular flexibility index (Phi) is 4.86. The van der Waals surface area contributed by atoms with Crippen molar-refractivity contribution in [2.45, 2.75) is 19.4 Å². The van der Waals surface area contributed by atoms with Crippen LogP contribution in [0.3, 0.4) is 0 Å². The van der Waals surface area contributed by atoms with Gasteiger partial charge in [0.05, 0.1) is 6.54 Å². The van der Waals surface area contributed by atoms with Crippen LogP contribution in [0.1, 0.15) is 12.5 Å². The number of hydrogen-bond donors (Lipinski definition) is 0. The van der Waals surface area contributed by atoms with E-state index in [0.717, 1.165) is 6.42 Å². The summed E-state index contributed by atoms with van der Waals surface area (Å²) >= 11 is 0. The molecule has 1 unspecified atom stereocenters. The zero-order valence-electron chi connectivity index (χ0n) is 8.99. The van der Waals surface area contributed by atoms with Gasteiger partial charge in [-0.3, -0.25) is 4.90 Å². The summed E-state index contributed by atoms with van der Waals surface area (Å²) in [7, 11) is 0. The van der Waals surface area contributed by atoms with Gasteiger partial charge in [-0.05, 0) is 18.9 Å². The first-order valence-corrected chi connectivity index (χ1v) is 5.05. The predicted octanol–water partition coefficient (Wildman–Crippen LogP) is 2.48. The molecule has 0 aliphatic carbocycles. The van der Waals surface area contributed by atoms with Gasteiger partial charge in [-0.1, -0.05) is 36.3 Å². The molecule has 0 aliphatic heterocycles. The fourth-order valence-electron chi connectivity index (χ4n) is 1.52. The van der Waals surface area contributed by atoms with E-state index in [-0.39, 0.29) is 6.04 Å². The van der Waals surface area contributed by atoms with Crippen LogP contribution in [-0.4, -0.2) is 24.3 Å². The number of rotatable bonds is 5. The molecule has 0 saturated heterocycles. The van der Waals surface area contributed by atoms with Crippen LogP contribution in [0, 0.1) is 12.3 Å². The molecule has 2 heteroatoms. The quantitative estimate of drug-likeness (QED) is 0.527. The first kappa shape index (κ1) is 11.7. The van der Waals surface area contributed by atoms with Gasteiger partial charge in [-0.2, -0.15) is 0 Å². The summed E-state index contributed by atoms with van der Waals surface area (Å²) in [6.07, 6.45) is 6.00. The molecule has 15 heavy (non-hydrogen) atoms. The topological polar surface area (TPSA) is 3.24 Å². The van der Waals surface area contributed by atoms with Gasteiger partial charge in [-0.15, -0.1) is 6.42 Å². The second-order valence-corrected chi connectivity index (χ2v) is 3.61.